The lowest BCUT2D eigenvalue weighted by Gasteiger charge is -2.10. The molecule has 1 amide bonds. The second-order valence-corrected chi connectivity index (χ2v) is 4.54. The predicted octanol–water partition coefficient (Wildman–Crippen LogP) is 0.981. The van der Waals surface area contributed by atoms with Crippen molar-refractivity contribution in [2.24, 2.45) is 0 Å². The van der Waals surface area contributed by atoms with Crippen LogP contribution in [0.25, 0.3) is 0 Å². The lowest BCUT2D eigenvalue weighted by Crippen LogP contribution is -2.17. The summed E-state index contributed by atoms with van der Waals surface area (Å²) in [6, 6.07) is 5.51. The highest BCUT2D eigenvalue weighted by atomic mass is 16.5. The van der Waals surface area contributed by atoms with Crippen molar-refractivity contribution < 1.29 is 19.0 Å². The summed E-state index contributed by atoms with van der Waals surface area (Å²) >= 11 is 0. The number of fused-ring (bicyclic) bond motifs is 1. The van der Waals surface area contributed by atoms with Crippen LogP contribution in [-0.2, 0) is 4.79 Å². The van der Waals surface area contributed by atoms with Crippen LogP contribution in [0.4, 0.5) is 5.69 Å². The molecular weight excluding hydrogens is 288 g/mol. The largest absolute Gasteiger partial charge is 0.497 e. The number of anilines is 1. The van der Waals surface area contributed by atoms with E-state index in [-0.39, 0.29) is 23.8 Å². The van der Waals surface area contributed by atoms with Gasteiger partial charge in [0.05, 0.1) is 21.3 Å². The van der Waals surface area contributed by atoms with E-state index in [2.05, 4.69) is 20.3 Å². The van der Waals surface area contributed by atoms with Gasteiger partial charge in [0.25, 0.3) is 0 Å². The Hall–Kier alpha value is -2.90. The van der Waals surface area contributed by atoms with Crippen molar-refractivity contribution in [3.8, 4) is 17.8 Å². The molecule has 1 aromatic carbocycles. The zero-order valence-electron chi connectivity index (χ0n) is 12.3. The number of ether oxygens (including phenoxy) is 3. The Morgan fingerprint density at radius 1 is 1.00 bits per heavy atom. The highest BCUT2D eigenvalue weighted by Crippen LogP contribution is 2.38. The second-order valence-electron chi connectivity index (χ2n) is 4.54. The lowest BCUT2D eigenvalue weighted by atomic mass is 9.99. The van der Waals surface area contributed by atoms with Crippen LogP contribution in [0.3, 0.4) is 0 Å². The van der Waals surface area contributed by atoms with E-state index in [1.165, 1.54) is 14.2 Å². The molecule has 2 heterocycles. The number of amides is 1. The summed E-state index contributed by atoms with van der Waals surface area (Å²) in [7, 11) is 4.43. The molecule has 1 N–H and O–H groups in total. The summed E-state index contributed by atoms with van der Waals surface area (Å²) < 4.78 is 15.3. The topological polar surface area (TPSA) is 95.5 Å². The van der Waals surface area contributed by atoms with Gasteiger partial charge in [-0.1, -0.05) is 0 Å². The average molecular weight is 302 g/mol. The molecule has 1 unspecified atom stereocenters. The average Bonchev–Trinajstić information content (AvgIpc) is 2.88. The Bertz CT molecular complexity index is 713. The molecule has 0 saturated heterocycles. The van der Waals surface area contributed by atoms with E-state index in [9.17, 15) is 4.79 Å². The number of nitrogens with one attached hydrogen (secondary N) is 1. The maximum absolute atomic E-state index is 12.3. The number of rotatable bonds is 4. The number of carbonyl (C=O) groups excluding carboxylic acids is 1. The highest BCUT2D eigenvalue weighted by molar-refractivity contribution is 6.04. The Morgan fingerprint density at radius 3 is 2.27 bits per heavy atom. The van der Waals surface area contributed by atoms with E-state index in [0.29, 0.717) is 11.4 Å². The first-order chi connectivity index (χ1) is 10.7. The molecule has 1 aliphatic rings. The maximum atomic E-state index is 12.3. The maximum Gasteiger partial charge on any atom is 0.322 e. The molecule has 2 aromatic rings. The van der Waals surface area contributed by atoms with Gasteiger partial charge in [0.2, 0.25) is 5.91 Å². The quantitative estimate of drug-likeness (QED) is 0.899. The Morgan fingerprint density at radius 2 is 1.68 bits per heavy atom. The number of hydrogen-bond donors (Lipinski definition) is 1. The normalized spacial score (nSPS) is 16.0. The Kier molecular flexibility index (Phi) is 3.50. The minimum atomic E-state index is -0.670. The van der Waals surface area contributed by atoms with Gasteiger partial charge in [-0.15, -0.1) is 4.98 Å². The smallest absolute Gasteiger partial charge is 0.322 e. The minimum Gasteiger partial charge on any atom is -0.497 e. The summed E-state index contributed by atoms with van der Waals surface area (Å²) in [5.74, 6) is 0.0101. The van der Waals surface area contributed by atoms with E-state index < -0.39 is 5.92 Å². The molecule has 0 aliphatic carbocycles. The third-order valence-electron chi connectivity index (χ3n) is 3.32. The van der Waals surface area contributed by atoms with Gasteiger partial charge in [-0.05, 0) is 23.8 Å². The molecule has 8 heteroatoms. The number of methoxy groups -OCH3 is 3. The van der Waals surface area contributed by atoms with Gasteiger partial charge in [-0.2, -0.15) is 9.97 Å². The molecule has 1 aromatic heterocycles. The van der Waals surface area contributed by atoms with Crippen LogP contribution in [0.5, 0.6) is 17.8 Å². The fraction of sp³-hybridized carbons (Fsp3) is 0.286. The minimum absolute atomic E-state index is 0.0889. The van der Waals surface area contributed by atoms with Crippen molar-refractivity contribution in [1.29, 1.82) is 0 Å². The van der Waals surface area contributed by atoms with Crippen molar-refractivity contribution in [1.82, 2.24) is 15.0 Å². The van der Waals surface area contributed by atoms with Crippen LogP contribution in [0.1, 0.15) is 17.3 Å². The van der Waals surface area contributed by atoms with E-state index in [0.717, 1.165) is 5.56 Å². The summed E-state index contributed by atoms with van der Waals surface area (Å²) in [4.78, 5) is 24.6. The fourth-order valence-electron chi connectivity index (χ4n) is 2.29. The van der Waals surface area contributed by atoms with Crippen LogP contribution >= 0.6 is 0 Å². The van der Waals surface area contributed by atoms with Crippen molar-refractivity contribution in [2.45, 2.75) is 5.92 Å². The molecule has 1 aliphatic heterocycles. The Balaban J connectivity index is 2.11. The number of aromatic nitrogens is 3. The number of nitrogens with zero attached hydrogens (tertiary/aromatic N) is 3. The van der Waals surface area contributed by atoms with Crippen LogP contribution in [0, 0.1) is 0 Å². The van der Waals surface area contributed by atoms with Gasteiger partial charge in [-0.25, -0.2) is 0 Å². The molecule has 0 bridgehead atoms. The van der Waals surface area contributed by atoms with Crippen molar-refractivity contribution in [3.63, 3.8) is 0 Å². The molecule has 3 rings (SSSR count). The third-order valence-corrected chi connectivity index (χ3v) is 3.32. The van der Waals surface area contributed by atoms with Gasteiger partial charge >= 0.3 is 12.0 Å². The zero-order valence-corrected chi connectivity index (χ0v) is 12.3. The first kappa shape index (κ1) is 14.1. The summed E-state index contributed by atoms with van der Waals surface area (Å²) in [5.41, 5.74) is 1.44. The number of carbonyl (C=O) groups is 1. The summed E-state index contributed by atoms with van der Waals surface area (Å²) in [6.07, 6.45) is 0. The number of hydrogen-bond acceptors (Lipinski definition) is 7. The van der Waals surface area contributed by atoms with Crippen molar-refractivity contribution in [3.05, 3.63) is 29.6 Å². The lowest BCUT2D eigenvalue weighted by molar-refractivity contribution is -0.116. The SMILES string of the molecule is COc1ccc2c(c1)C(c1nc(OC)nc(OC)n1)C(=O)N2. The standard InChI is InChI=1S/C14H14N4O4/c1-20-7-4-5-9-8(6-7)10(12(19)15-9)11-16-13(21-2)18-14(17-11)22-3/h4-6,10H,1-3H3,(H,15,19). The molecular formula is C14H14N4O4. The van der Waals surface area contributed by atoms with Gasteiger partial charge in [-0.3, -0.25) is 4.79 Å². The second kappa shape index (κ2) is 5.47. The molecule has 0 spiro atoms. The molecule has 0 radical (unpaired) electrons. The van der Waals surface area contributed by atoms with Crippen molar-refractivity contribution in [2.75, 3.05) is 26.6 Å². The first-order valence-corrected chi connectivity index (χ1v) is 6.49. The molecule has 8 nitrogen and oxygen atoms in total. The van der Waals surface area contributed by atoms with E-state index in [1.54, 1.807) is 25.3 Å². The summed E-state index contributed by atoms with van der Waals surface area (Å²) in [6.45, 7) is 0. The first-order valence-electron chi connectivity index (χ1n) is 6.49. The molecule has 0 saturated carbocycles. The van der Waals surface area contributed by atoms with Crippen LogP contribution < -0.4 is 19.5 Å². The predicted molar refractivity (Wildman–Crippen MR) is 76.4 cm³/mol. The molecule has 1 atom stereocenters. The van der Waals surface area contributed by atoms with E-state index in [1.807, 2.05) is 0 Å². The van der Waals surface area contributed by atoms with Crippen LogP contribution in [-0.4, -0.2) is 42.2 Å². The van der Waals surface area contributed by atoms with Gasteiger partial charge in [0.15, 0.2) is 5.82 Å². The van der Waals surface area contributed by atoms with E-state index in [4.69, 9.17) is 14.2 Å². The number of benzene rings is 1. The van der Waals surface area contributed by atoms with Gasteiger partial charge in [0, 0.05) is 5.69 Å². The highest BCUT2D eigenvalue weighted by Gasteiger charge is 2.35. The van der Waals surface area contributed by atoms with Crippen LogP contribution in [0.15, 0.2) is 18.2 Å². The monoisotopic (exact) mass is 302 g/mol. The zero-order chi connectivity index (χ0) is 15.7. The molecule has 22 heavy (non-hydrogen) atoms. The van der Waals surface area contributed by atoms with Gasteiger partial charge in [0.1, 0.15) is 11.7 Å². The van der Waals surface area contributed by atoms with E-state index >= 15 is 0 Å². The third kappa shape index (κ3) is 2.28. The van der Waals surface area contributed by atoms with Crippen LogP contribution in [0.2, 0.25) is 0 Å². The fourth-order valence-corrected chi connectivity index (χ4v) is 2.29. The summed E-state index contributed by atoms with van der Waals surface area (Å²) in [5, 5.41) is 2.80. The van der Waals surface area contributed by atoms with Gasteiger partial charge < -0.3 is 19.5 Å². The van der Waals surface area contributed by atoms with Crippen molar-refractivity contribution >= 4 is 11.6 Å². The Labute approximate surface area is 126 Å². The molecule has 114 valence electrons. The molecule has 0 fully saturated rings.